The Morgan fingerprint density at radius 2 is 1.86 bits per heavy atom. The van der Waals surface area contributed by atoms with Crippen LogP contribution in [0.1, 0.15) is 5.56 Å². The third-order valence-electron chi connectivity index (χ3n) is 1.52. The Labute approximate surface area is 82.0 Å². The van der Waals surface area contributed by atoms with Crippen LogP contribution in [0.4, 0.5) is 0 Å². The third-order valence-corrected chi connectivity index (χ3v) is 1.52. The Hall–Kier alpha value is -1.85. The van der Waals surface area contributed by atoms with Crippen LogP contribution >= 0.6 is 0 Å². The second-order valence-electron chi connectivity index (χ2n) is 2.29. The molecule has 1 heterocycles. The maximum Gasteiger partial charge on any atom is 0.229 e. The summed E-state index contributed by atoms with van der Waals surface area (Å²) in [6.45, 7) is 0. The zero-order valence-electron chi connectivity index (χ0n) is 8.31. The summed E-state index contributed by atoms with van der Waals surface area (Å²) in [7, 11) is 4.75. The first-order chi connectivity index (χ1) is 6.83. The van der Waals surface area contributed by atoms with Gasteiger partial charge in [-0.05, 0) is 0 Å². The average molecular weight is 196 g/mol. The summed E-state index contributed by atoms with van der Waals surface area (Å²) >= 11 is 0. The molecule has 14 heavy (non-hydrogen) atoms. The number of hydrogen-bond donors (Lipinski definition) is 1. The van der Waals surface area contributed by atoms with Crippen molar-refractivity contribution in [2.24, 2.45) is 5.10 Å². The number of hydrogen-bond acceptors (Lipinski definition) is 6. The van der Waals surface area contributed by atoms with Gasteiger partial charge < -0.3 is 14.9 Å². The van der Waals surface area contributed by atoms with E-state index in [9.17, 15) is 0 Å². The van der Waals surface area contributed by atoms with Gasteiger partial charge in [0, 0.05) is 7.05 Å². The van der Waals surface area contributed by atoms with Crippen molar-refractivity contribution >= 4 is 6.21 Å². The van der Waals surface area contributed by atoms with Gasteiger partial charge in [0.05, 0.1) is 20.4 Å². The predicted molar refractivity (Wildman–Crippen MR) is 51.8 cm³/mol. The van der Waals surface area contributed by atoms with E-state index >= 15 is 0 Å². The minimum atomic E-state index is 0.427. The van der Waals surface area contributed by atoms with Crippen LogP contribution in [0, 0.1) is 0 Å². The fraction of sp³-hybridized carbons (Fsp3) is 0.375. The lowest BCUT2D eigenvalue weighted by Gasteiger charge is -2.06. The number of methoxy groups -OCH3 is 2. The van der Waals surface area contributed by atoms with Crippen LogP contribution in [0.25, 0.3) is 0 Å². The van der Waals surface area contributed by atoms with E-state index in [2.05, 4.69) is 20.5 Å². The second-order valence-corrected chi connectivity index (χ2v) is 2.29. The highest BCUT2D eigenvalue weighted by Crippen LogP contribution is 2.20. The quantitative estimate of drug-likeness (QED) is 0.544. The van der Waals surface area contributed by atoms with Crippen molar-refractivity contribution in [1.82, 2.24) is 15.4 Å². The van der Waals surface area contributed by atoms with Gasteiger partial charge in [0.1, 0.15) is 11.9 Å². The molecule has 0 radical (unpaired) electrons. The molecule has 76 valence electrons. The van der Waals surface area contributed by atoms with Crippen LogP contribution in [0.15, 0.2) is 11.4 Å². The Morgan fingerprint density at radius 1 is 1.29 bits per heavy atom. The van der Waals surface area contributed by atoms with Gasteiger partial charge in [-0.15, -0.1) is 0 Å². The molecule has 0 aromatic carbocycles. The standard InChI is InChI=1S/C8H12N4O2/c1-9-12-4-6-7(13-2)10-5-11-8(6)14-3/h4-5,9H,1-3H3/b12-4+. The maximum atomic E-state index is 5.03. The molecule has 6 nitrogen and oxygen atoms in total. The molecule has 1 aromatic rings. The monoisotopic (exact) mass is 196 g/mol. The lowest BCUT2D eigenvalue weighted by Crippen LogP contribution is -2.02. The topological polar surface area (TPSA) is 68.6 Å². The van der Waals surface area contributed by atoms with Crippen molar-refractivity contribution in [1.29, 1.82) is 0 Å². The summed E-state index contributed by atoms with van der Waals surface area (Å²) in [6, 6.07) is 0. The lowest BCUT2D eigenvalue weighted by molar-refractivity contribution is 0.370. The van der Waals surface area contributed by atoms with Gasteiger partial charge in [-0.3, -0.25) is 0 Å². The Morgan fingerprint density at radius 3 is 2.29 bits per heavy atom. The summed E-state index contributed by atoms with van der Waals surface area (Å²) < 4.78 is 10.1. The van der Waals surface area contributed by atoms with Crippen molar-refractivity contribution in [3.8, 4) is 11.8 Å². The molecule has 0 saturated carbocycles. The molecule has 0 atom stereocenters. The minimum Gasteiger partial charge on any atom is -0.480 e. The fourth-order valence-electron chi connectivity index (χ4n) is 0.929. The molecule has 1 N–H and O–H groups in total. The van der Waals surface area contributed by atoms with E-state index in [-0.39, 0.29) is 0 Å². The first-order valence-electron chi connectivity index (χ1n) is 3.96. The first kappa shape index (κ1) is 10.2. The van der Waals surface area contributed by atoms with E-state index in [4.69, 9.17) is 9.47 Å². The number of nitrogens with one attached hydrogen (secondary N) is 1. The maximum absolute atomic E-state index is 5.03. The van der Waals surface area contributed by atoms with E-state index in [1.165, 1.54) is 26.8 Å². The molecule has 0 fully saturated rings. The smallest absolute Gasteiger partial charge is 0.229 e. The van der Waals surface area contributed by atoms with Crippen molar-refractivity contribution < 1.29 is 9.47 Å². The molecule has 6 heteroatoms. The summed E-state index contributed by atoms with van der Waals surface area (Å²) in [5, 5.41) is 3.84. The summed E-state index contributed by atoms with van der Waals surface area (Å²) in [6.07, 6.45) is 2.91. The second kappa shape index (κ2) is 5.00. The molecule has 1 aromatic heterocycles. The first-order valence-corrected chi connectivity index (χ1v) is 3.96. The highest BCUT2D eigenvalue weighted by atomic mass is 16.5. The molecular formula is C8H12N4O2. The van der Waals surface area contributed by atoms with Crippen LogP contribution in [-0.4, -0.2) is 37.4 Å². The molecule has 1 rings (SSSR count). The molecule has 0 saturated heterocycles. The number of aromatic nitrogens is 2. The van der Waals surface area contributed by atoms with Crippen LogP contribution in [0.3, 0.4) is 0 Å². The third kappa shape index (κ3) is 2.09. The molecule has 0 bridgehead atoms. The van der Waals surface area contributed by atoms with Gasteiger partial charge in [-0.2, -0.15) is 5.10 Å². The molecule has 0 aliphatic carbocycles. The van der Waals surface area contributed by atoms with Gasteiger partial charge in [-0.1, -0.05) is 0 Å². The average Bonchev–Trinajstić information content (AvgIpc) is 2.25. The SMILES string of the molecule is CN/N=C/c1c(OC)ncnc1OC. The molecule has 0 unspecified atom stereocenters. The van der Waals surface area contributed by atoms with Crippen LogP contribution in [-0.2, 0) is 0 Å². The zero-order chi connectivity index (χ0) is 10.4. The van der Waals surface area contributed by atoms with E-state index in [0.29, 0.717) is 17.3 Å². The van der Waals surface area contributed by atoms with Crippen molar-refractivity contribution in [2.75, 3.05) is 21.3 Å². The predicted octanol–water partition coefficient (Wildman–Crippen LogP) is 0.0471. The van der Waals surface area contributed by atoms with Crippen LogP contribution in [0.5, 0.6) is 11.8 Å². The molecular weight excluding hydrogens is 184 g/mol. The number of ether oxygens (including phenoxy) is 2. The largest absolute Gasteiger partial charge is 0.480 e. The van der Waals surface area contributed by atoms with Gasteiger partial charge >= 0.3 is 0 Å². The molecule has 0 aliphatic heterocycles. The Bertz CT molecular complexity index is 305. The highest BCUT2D eigenvalue weighted by Gasteiger charge is 2.09. The van der Waals surface area contributed by atoms with Gasteiger partial charge in [0.2, 0.25) is 11.8 Å². The molecule has 0 spiro atoms. The normalized spacial score (nSPS) is 10.2. The van der Waals surface area contributed by atoms with Crippen LogP contribution < -0.4 is 14.9 Å². The summed E-state index contributed by atoms with van der Waals surface area (Å²) in [4.78, 5) is 7.85. The van der Waals surface area contributed by atoms with E-state index in [1.54, 1.807) is 7.05 Å². The minimum absolute atomic E-state index is 0.427. The molecule has 0 aliphatic rings. The van der Waals surface area contributed by atoms with E-state index < -0.39 is 0 Å². The van der Waals surface area contributed by atoms with E-state index in [0.717, 1.165) is 0 Å². The number of nitrogens with zero attached hydrogens (tertiary/aromatic N) is 3. The molecule has 0 amide bonds. The van der Waals surface area contributed by atoms with Crippen LogP contribution in [0.2, 0.25) is 0 Å². The van der Waals surface area contributed by atoms with Gasteiger partial charge in [0.25, 0.3) is 0 Å². The van der Waals surface area contributed by atoms with E-state index in [1.807, 2.05) is 0 Å². The zero-order valence-corrected chi connectivity index (χ0v) is 8.31. The van der Waals surface area contributed by atoms with Gasteiger partial charge in [-0.25, -0.2) is 9.97 Å². The number of rotatable bonds is 4. The number of hydrazone groups is 1. The van der Waals surface area contributed by atoms with Gasteiger partial charge in [0.15, 0.2) is 0 Å². The Balaban J connectivity index is 3.12. The van der Waals surface area contributed by atoms with Crippen molar-refractivity contribution in [3.63, 3.8) is 0 Å². The summed E-state index contributed by atoms with van der Waals surface area (Å²) in [5.74, 6) is 0.853. The van der Waals surface area contributed by atoms with Crippen molar-refractivity contribution in [3.05, 3.63) is 11.9 Å². The van der Waals surface area contributed by atoms with Crippen molar-refractivity contribution in [2.45, 2.75) is 0 Å². The highest BCUT2D eigenvalue weighted by molar-refractivity contribution is 5.85. The summed E-state index contributed by atoms with van der Waals surface area (Å²) in [5.41, 5.74) is 3.23. The Kier molecular flexibility index (Phi) is 3.66. The lowest BCUT2D eigenvalue weighted by atomic mass is 10.3. The fourth-order valence-corrected chi connectivity index (χ4v) is 0.929.